The number of methoxy groups -OCH3 is 2. The number of rotatable bonds is 6. The van der Waals surface area contributed by atoms with Crippen LogP contribution in [-0.4, -0.2) is 39.7 Å². The van der Waals surface area contributed by atoms with Crippen molar-refractivity contribution in [3.05, 3.63) is 41.7 Å². The molecule has 8 nitrogen and oxygen atoms in total. The fourth-order valence-electron chi connectivity index (χ4n) is 2.52. The van der Waals surface area contributed by atoms with Gasteiger partial charge in [0.25, 0.3) is 0 Å². The van der Waals surface area contributed by atoms with E-state index >= 15 is 0 Å². The van der Waals surface area contributed by atoms with E-state index in [1.165, 1.54) is 38.7 Å². The first-order valence-corrected chi connectivity index (χ1v) is 9.62. The Balaban J connectivity index is 0.00000280. The Morgan fingerprint density at radius 3 is 2.46 bits per heavy atom. The zero-order valence-electron chi connectivity index (χ0n) is 15.2. The molecular weight excluding hydrogens is 427 g/mol. The van der Waals surface area contributed by atoms with Gasteiger partial charge in [-0.15, -0.1) is 12.4 Å². The van der Waals surface area contributed by atoms with Crippen molar-refractivity contribution in [2.75, 3.05) is 26.6 Å². The fraction of sp³-hybridized carbons (Fsp3) is 0.176. The molecule has 0 amide bonds. The summed E-state index contributed by atoms with van der Waals surface area (Å²) in [5.41, 5.74) is 0.977. The van der Waals surface area contributed by atoms with Gasteiger partial charge in [0.05, 0.1) is 40.7 Å². The minimum atomic E-state index is -3.62. The summed E-state index contributed by atoms with van der Waals surface area (Å²) in [4.78, 5) is 8.57. The van der Waals surface area contributed by atoms with Gasteiger partial charge < -0.3 is 14.8 Å². The van der Waals surface area contributed by atoms with Crippen LogP contribution >= 0.6 is 24.0 Å². The molecule has 3 rings (SSSR count). The van der Waals surface area contributed by atoms with E-state index in [1.54, 1.807) is 19.2 Å². The number of nitrogens with one attached hydrogen (secondary N) is 2. The lowest BCUT2D eigenvalue weighted by Crippen LogP contribution is -2.18. The highest BCUT2D eigenvalue weighted by atomic mass is 35.5. The van der Waals surface area contributed by atoms with Gasteiger partial charge in [-0.1, -0.05) is 11.6 Å². The first-order chi connectivity index (χ1) is 12.9. The average Bonchev–Trinajstić information content (AvgIpc) is 2.68. The number of halogens is 2. The number of fused-ring (bicyclic) bond motifs is 1. The maximum absolute atomic E-state index is 12.1. The number of hydrogen-bond acceptors (Lipinski definition) is 7. The topological polar surface area (TPSA) is 102 Å². The Bertz CT molecular complexity index is 1110. The normalized spacial score (nSPS) is 11.0. The number of nitrogens with zero attached hydrogens (tertiary/aromatic N) is 2. The molecule has 0 bridgehead atoms. The number of ether oxygens (including phenoxy) is 2. The molecule has 0 radical (unpaired) electrons. The molecule has 11 heteroatoms. The number of hydrogen-bond donors (Lipinski definition) is 2. The van der Waals surface area contributed by atoms with Crippen molar-refractivity contribution in [3.63, 3.8) is 0 Å². The maximum Gasteiger partial charge on any atom is 0.240 e. The smallest absolute Gasteiger partial charge is 0.240 e. The number of sulfonamides is 1. The molecule has 0 aliphatic carbocycles. The van der Waals surface area contributed by atoms with Crippen molar-refractivity contribution in [2.45, 2.75) is 4.90 Å². The van der Waals surface area contributed by atoms with E-state index in [1.807, 2.05) is 0 Å². The molecule has 1 heterocycles. The molecule has 0 saturated heterocycles. The van der Waals surface area contributed by atoms with Gasteiger partial charge >= 0.3 is 0 Å². The van der Waals surface area contributed by atoms with Crippen molar-refractivity contribution in [3.8, 4) is 11.5 Å². The van der Waals surface area contributed by atoms with E-state index in [0.717, 1.165) is 0 Å². The van der Waals surface area contributed by atoms with Gasteiger partial charge in [0, 0.05) is 12.1 Å². The van der Waals surface area contributed by atoms with Gasteiger partial charge in [0.1, 0.15) is 23.6 Å². The third kappa shape index (κ3) is 4.22. The molecule has 0 fully saturated rings. The van der Waals surface area contributed by atoms with Crippen LogP contribution in [0.3, 0.4) is 0 Å². The Hall–Kier alpha value is -2.33. The van der Waals surface area contributed by atoms with Gasteiger partial charge in [0.2, 0.25) is 10.0 Å². The van der Waals surface area contributed by atoms with Crippen LogP contribution < -0.4 is 19.5 Å². The number of aromatic nitrogens is 2. The molecule has 0 unspecified atom stereocenters. The summed E-state index contributed by atoms with van der Waals surface area (Å²) in [7, 11) is 0.800. The standard InChI is InChI=1S/C17H17ClN4O4S.ClH/c1-19-27(23,24)11-4-5-12(18)13(8-11)22-17-16-14(20-9-21-17)6-10(25-2)7-15(16)26-3;/h4-9,19H,1-3H3,(H,20,21,22);1H. The quantitative estimate of drug-likeness (QED) is 0.600. The third-order valence-corrected chi connectivity index (χ3v) is 5.64. The lowest BCUT2D eigenvalue weighted by Gasteiger charge is -2.14. The second kappa shape index (κ2) is 8.78. The van der Waals surface area contributed by atoms with E-state index in [2.05, 4.69) is 20.0 Å². The summed E-state index contributed by atoms with van der Waals surface area (Å²) < 4.78 is 37.1. The van der Waals surface area contributed by atoms with Crippen molar-refractivity contribution in [2.24, 2.45) is 0 Å². The third-order valence-electron chi connectivity index (χ3n) is 3.90. The molecule has 0 aliphatic rings. The largest absolute Gasteiger partial charge is 0.497 e. The summed E-state index contributed by atoms with van der Waals surface area (Å²) in [6.45, 7) is 0. The zero-order valence-corrected chi connectivity index (χ0v) is 17.6. The molecule has 0 spiro atoms. The molecular formula is C17H18Cl2N4O4S. The molecule has 3 aromatic rings. The van der Waals surface area contributed by atoms with Gasteiger partial charge in [-0.2, -0.15) is 0 Å². The Labute approximate surface area is 173 Å². The van der Waals surface area contributed by atoms with Crippen LogP contribution in [0.1, 0.15) is 0 Å². The number of benzene rings is 2. The molecule has 0 atom stereocenters. The van der Waals surface area contributed by atoms with Crippen LogP contribution in [0, 0.1) is 0 Å². The minimum Gasteiger partial charge on any atom is -0.497 e. The van der Waals surface area contributed by atoms with Crippen LogP contribution in [0.2, 0.25) is 5.02 Å². The Kier molecular flexibility index (Phi) is 6.89. The van der Waals surface area contributed by atoms with Crippen LogP contribution in [0.4, 0.5) is 11.5 Å². The summed E-state index contributed by atoms with van der Waals surface area (Å²) >= 11 is 6.24. The van der Waals surface area contributed by atoms with Crippen LogP contribution in [0.15, 0.2) is 41.6 Å². The summed E-state index contributed by atoms with van der Waals surface area (Å²) in [5, 5.41) is 4.02. The van der Waals surface area contributed by atoms with E-state index in [4.69, 9.17) is 21.1 Å². The monoisotopic (exact) mass is 444 g/mol. The predicted octanol–water partition coefficient (Wildman–Crippen LogP) is 3.37. The average molecular weight is 445 g/mol. The first kappa shape index (κ1) is 22.0. The SMILES string of the molecule is CNS(=O)(=O)c1ccc(Cl)c(Nc2ncnc3cc(OC)cc(OC)c23)c1.Cl. The Morgan fingerprint density at radius 2 is 1.82 bits per heavy atom. The van der Waals surface area contributed by atoms with E-state index < -0.39 is 10.0 Å². The summed E-state index contributed by atoms with van der Waals surface area (Å²) in [6, 6.07) is 7.80. The Morgan fingerprint density at radius 1 is 1.07 bits per heavy atom. The van der Waals surface area contributed by atoms with E-state index in [0.29, 0.717) is 38.9 Å². The van der Waals surface area contributed by atoms with Crippen LogP contribution in [-0.2, 0) is 10.0 Å². The number of anilines is 2. The minimum absolute atomic E-state index is 0. The second-order valence-corrected chi connectivity index (χ2v) is 7.71. The molecule has 150 valence electrons. The highest BCUT2D eigenvalue weighted by molar-refractivity contribution is 7.89. The maximum atomic E-state index is 12.1. The van der Waals surface area contributed by atoms with Gasteiger partial charge in [-0.25, -0.2) is 23.1 Å². The lowest BCUT2D eigenvalue weighted by atomic mass is 10.2. The molecule has 28 heavy (non-hydrogen) atoms. The summed E-state index contributed by atoms with van der Waals surface area (Å²) in [6.07, 6.45) is 1.38. The van der Waals surface area contributed by atoms with E-state index in [9.17, 15) is 8.42 Å². The molecule has 2 N–H and O–H groups in total. The van der Waals surface area contributed by atoms with Crippen molar-refractivity contribution in [1.82, 2.24) is 14.7 Å². The zero-order chi connectivity index (χ0) is 19.6. The molecule has 0 saturated carbocycles. The highest BCUT2D eigenvalue weighted by Crippen LogP contribution is 2.36. The predicted molar refractivity (Wildman–Crippen MR) is 111 cm³/mol. The first-order valence-electron chi connectivity index (χ1n) is 7.76. The highest BCUT2D eigenvalue weighted by Gasteiger charge is 2.16. The van der Waals surface area contributed by atoms with Crippen molar-refractivity contribution < 1.29 is 17.9 Å². The van der Waals surface area contributed by atoms with Gasteiger partial charge in [-0.3, -0.25) is 0 Å². The molecule has 1 aromatic heterocycles. The fourth-order valence-corrected chi connectivity index (χ4v) is 3.44. The van der Waals surface area contributed by atoms with Crippen LogP contribution in [0.25, 0.3) is 10.9 Å². The van der Waals surface area contributed by atoms with Gasteiger partial charge in [-0.05, 0) is 25.2 Å². The lowest BCUT2D eigenvalue weighted by molar-refractivity contribution is 0.398. The van der Waals surface area contributed by atoms with E-state index in [-0.39, 0.29) is 17.3 Å². The van der Waals surface area contributed by atoms with Crippen molar-refractivity contribution in [1.29, 1.82) is 0 Å². The summed E-state index contributed by atoms with van der Waals surface area (Å²) in [5.74, 6) is 1.51. The van der Waals surface area contributed by atoms with Crippen LogP contribution in [0.5, 0.6) is 11.5 Å². The second-order valence-electron chi connectivity index (χ2n) is 5.42. The molecule has 2 aromatic carbocycles. The van der Waals surface area contributed by atoms with Gasteiger partial charge in [0.15, 0.2) is 0 Å². The van der Waals surface area contributed by atoms with Crippen molar-refractivity contribution >= 4 is 56.4 Å². The molecule has 0 aliphatic heterocycles.